The van der Waals surface area contributed by atoms with Crippen LogP contribution < -0.4 is 0 Å². The second-order valence-electron chi connectivity index (χ2n) is 4.15. The van der Waals surface area contributed by atoms with E-state index in [-0.39, 0.29) is 5.75 Å². The summed E-state index contributed by atoms with van der Waals surface area (Å²) in [6.07, 6.45) is -1.24. The van der Waals surface area contributed by atoms with Gasteiger partial charge in [0.15, 0.2) is 14.0 Å². The highest BCUT2D eigenvalue weighted by Gasteiger charge is 2.43. The zero-order chi connectivity index (χ0) is 13.3. The molecule has 1 N–H and O–H groups in total. The van der Waals surface area contributed by atoms with Crippen LogP contribution >= 0.6 is 11.6 Å². The van der Waals surface area contributed by atoms with Crippen molar-refractivity contribution in [2.24, 2.45) is 0 Å². The maximum Gasteiger partial charge on any atom is 0.172 e. The Balaban J connectivity index is 3.23. The minimum absolute atomic E-state index is 0.101. The van der Waals surface area contributed by atoms with Crippen LogP contribution in [0.5, 0.6) is 0 Å². The van der Waals surface area contributed by atoms with E-state index in [0.29, 0.717) is 5.56 Å². The topological polar surface area (TPSA) is 54.4 Å². The van der Waals surface area contributed by atoms with E-state index in [4.69, 9.17) is 11.6 Å². The van der Waals surface area contributed by atoms with Crippen LogP contribution in [0, 0.1) is 6.92 Å². The highest BCUT2D eigenvalue weighted by atomic mass is 35.5. The molecule has 1 aromatic carbocycles. The van der Waals surface area contributed by atoms with Crippen molar-refractivity contribution in [1.29, 1.82) is 0 Å². The molecule has 0 aliphatic rings. The maximum atomic E-state index is 11.9. The summed E-state index contributed by atoms with van der Waals surface area (Å²) in [5, 5.41) is 10.2. The van der Waals surface area contributed by atoms with Crippen molar-refractivity contribution in [1.82, 2.24) is 0 Å². The molecule has 0 heterocycles. The van der Waals surface area contributed by atoms with E-state index >= 15 is 0 Å². The lowest BCUT2D eigenvalue weighted by atomic mass is 10.0. The van der Waals surface area contributed by atoms with Gasteiger partial charge in [-0.05, 0) is 25.0 Å². The van der Waals surface area contributed by atoms with E-state index in [1.54, 1.807) is 12.1 Å². The zero-order valence-electron chi connectivity index (χ0n) is 10.1. The highest BCUT2D eigenvalue weighted by Crippen LogP contribution is 2.38. The first-order chi connectivity index (χ1) is 7.74. The number of aryl methyl sites for hydroxylation is 1. The van der Waals surface area contributed by atoms with Crippen LogP contribution in [0.15, 0.2) is 24.3 Å². The minimum atomic E-state index is -3.55. The van der Waals surface area contributed by atoms with E-state index < -0.39 is 20.1 Å². The molecular formula is C12H17ClO3S. The molecule has 0 saturated carbocycles. The monoisotopic (exact) mass is 276 g/mol. The molecule has 3 nitrogen and oxygen atoms in total. The average Bonchev–Trinajstić information content (AvgIpc) is 2.28. The lowest BCUT2D eigenvalue weighted by Crippen LogP contribution is -2.37. The first-order valence-corrected chi connectivity index (χ1v) is 7.42. The van der Waals surface area contributed by atoms with Crippen molar-refractivity contribution in [3.63, 3.8) is 0 Å². The Hall–Kier alpha value is -0.580. The van der Waals surface area contributed by atoms with Gasteiger partial charge in [-0.3, -0.25) is 0 Å². The minimum Gasteiger partial charge on any atom is -0.385 e. The molecule has 0 aliphatic carbocycles. The molecule has 1 rings (SSSR count). The van der Waals surface area contributed by atoms with Crippen LogP contribution in [0.25, 0.3) is 0 Å². The molecule has 0 aromatic heterocycles. The first-order valence-electron chi connectivity index (χ1n) is 5.39. The summed E-state index contributed by atoms with van der Waals surface area (Å²) in [5.74, 6) is -0.101. The molecule has 0 saturated heterocycles. The molecule has 0 aliphatic heterocycles. The number of benzene rings is 1. The summed E-state index contributed by atoms with van der Waals surface area (Å²) in [4.78, 5) is 0. The second-order valence-corrected chi connectivity index (χ2v) is 7.81. The Morgan fingerprint density at radius 3 is 2.41 bits per heavy atom. The number of hydrogen-bond acceptors (Lipinski definition) is 3. The molecule has 0 amide bonds. The number of alkyl halides is 1. The Labute approximate surface area is 107 Å². The van der Waals surface area contributed by atoms with Crippen LogP contribution in [0.1, 0.15) is 31.1 Å². The molecule has 0 unspecified atom stereocenters. The highest BCUT2D eigenvalue weighted by molar-refractivity contribution is 7.94. The number of halogens is 1. The fraction of sp³-hybridized carbons (Fsp3) is 0.500. The molecule has 2 atom stereocenters. The maximum absolute atomic E-state index is 11.9. The lowest BCUT2D eigenvalue weighted by Gasteiger charge is -2.28. The molecule has 17 heavy (non-hydrogen) atoms. The molecule has 5 heteroatoms. The van der Waals surface area contributed by atoms with Gasteiger partial charge in [0.25, 0.3) is 0 Å². The van der Waals surface area contributed by atoms with Crippen molar-refractivity contribution in [3.8, 4) is 0 Å². The Kier molecular flexibility index (Phi) is 4.23. The average molecular weight is 277 g/mol. The number of aliphatic hydroxyl groups excluding tert-OH is 1. The third-order valence-corrected chi connectivity index (χ3v) is 6.07. The smallest absolute Gasteiger partial charge is 0.172 e. The second kappa shape index (κ2) is 4.96. The van der Waals surface area contributed by atoms with Gasteiger partial charge in [0.1, 0.15) is 6.10 Å². The molecule has 96 valence electrons. The summed E-state index contributed by atoms with van der Waals surface area (Å²) >= 11 is 6.05. The van der Waals surface area contributed by atoms with Crippen LogP contribution in [-0.2, 0) is 9.84 Å². The Morgan fingerprint density at radius 2 is 1.94 bits per heavy atom. The Bertz CT molecular complexity index is 494. The van der Waals surface area contributed by atoms with Crippen molar-refractivity contribution < 1.29 is 13.5 Å². The van der Waals surface area contributed by atoms with Gasteiger partial charge in [-0.25, -0.2) is 8.42 Å². The van der Waals surface area contributed by atoms with E-state index in [9.17, 15) is 13.5 Å². The standard InChI is InChI=1S/C12H17ClO3S/c1-4-17(15,16)12(3,13)11(14)10-8-6-5-7-9(10)2/h5-8,11,14H,4H2,1-3H3/t11-,12-/m1/s1. The molecule has 0 fully saturated rings. The summed E-state index contributed by atoms with van der Waals surface area (Å²) < 4.78 is 22.0. The number of aliphatic hydroxyl groups is 1. The predicted octanol–water partition coefficient (Wildman–Crippen LogP) is 2.42. The van der Waals surface area contributed by atoms with Crippen molar-refractivity contribution in [2.75, 3.05) is 5.75 Å². The van der Waals surface area contributed by atoms with Crippen molar-refractivity contribution >= 4 is 21.4 Å². The molecule has 0 spiro atoms. The fourth-order valence-corrected chi connectivity index (χ4v) is 3.10. The SMILES string of the molecule is CCS(=O)(=O)[C@@](C)(Cl)[C@H](O)c1ccccc1C. The van der Waals surface area contributed by atoms with Gasteiger partial charge >= 0.3 is 0 Å². The number of hydrogen-bond donors (Lipinski definition) is 1. The van der Waals surface area contributed by atoms with E-state index in [0.717, 1.165) is 5.56 Å². The predicted molar refractivity (Wildman–Crippen MR) is 69.9 cm³/mol. The van der Waals surface area contributed by atoms with E-state index in [1.165, 1.54) is 13.8 Å². The van der Waals surface area contributed by atoms with Gasteiger partial charge in [-0.1, -0.05) is 42.8 Å². The number of rotatable bonds is 4. The summed E-state index contributed by atoms with van der Waals surface area (Å²) in [5.41, 5.74) is 1.36. The third-order valence-electron chi connectivity index (χ3n) is 2.96. The van der Waals surface area contributed by atoms with Gasteiger partial charge in [0.2, 0.25) is 0 Å². The van der Waals surface area contributed by atoms with E-state index in [2.05, 4.69) is 0 Å². The molecule has 0 radical (unpaired) electrons. The van der Waals surface area contributed by atoms with Gasteiger partial charge in [-0.2, -0.15) is 0 Å². The van der Waals surface area contributed by atoms with Gasteiger partial charge < -0.3 is 5.11 Å². The van der Waals surface area contributed by atoms with Crippen LogP contribution in [-0.4, -0.2) is 23.5 Å². The van der Waals surface area contributed by atoms with Crippen LogP contribution in [0.3, 0.4) is 0 Å². The summed E-state index contributed by atoms with van der Waals surface area (Å²) in [7, 11) is -3.55. The van der Waals surface area contributed by atoms with E-state index in [1.807, 2.05) is 19.1 Å². The van der Waals surface area contributed by atoms with Gasteiger partial charge in [-0.15, -0.1) is 0 Å². The Morgan fingerprint density at radius 1 is 1.41 bits per heavy atom. The normalized spacial score (nSPS) is 17.5. The lowest BCUT2D eigenvalue weighted by molar-refractivity contribution is 0.162. The first kappa shape index (κ1) is 14.5. The molecule has 0 bridgehead atoms. The third kappa shape index (κ3) is 2.64. The van der Waals surface area contributed by atoms with Gasteiger partial charge in [0, 0.05) is 5.75 Å². The zero-order valence-corrected chi connectivity index (χ0v) is 11.7. The van der Waals surface area contributed by atoms with Crippen molar-refractivity contribution in [3.05, 3.63) is 35.4 Å². The summed E-state index contributed by atoms with van der Waals surface area (Å²) in [6.45, 7) is 4.66. The van der Waals surface area contributed by atoms with Crippen LogP contribution in [0.2, 0.25) is 0 Å². The largest absolute Gasteiger partial charge is 0.385 e. The molecule has 1 aromatic rings. The van der Waals surface area contributed by atoms with Crippen LogP contribution in [0.4, 0.5) is 0 Å². The fourth-order valence-electron chi connectivity index (χ4n) is 1.62. The molecular weight excluding hydrogens is 260 g/mol. The quantitative estimate of drug-likeness (QED) is 0.860. The van der Waals surface area contributed by atoms with Crippen molar-refractivity contribution in [2.45, 2.75) is 31.1 Å². The van der Waals surface area contributed by atoms with Gasteiger partial charge in [0.05, 0.1) is 0 Å². The summed E-state index contributed by atoms with van der Waals surface area (Å²) in [6, 6.07) is 7.07. The number of sulfone groups is 1.